The first-order valence-electron chi connectivity index (χ1n) is 6.70. The van der Waals surface area contributed by atoms with Gasteiger partial charge in [0, 0.05) is 29.2 Å². The zero-order valence-corrected chi connectivity index (χ0v) is 14.5. The van der Waals surface area contributed by atoms with E-state index in [1.165, 1.54) is 10.5 Å². The van der Waals surface area contributed by atoms with Crippen LogP contribution in [-0.2, 0) is 13.6 Å². The fourth-order valence-electron chi connectivity index (χ4n) is 1.82. The van der Waals surface area contributed by atoms with Gasteiger partial charge >= 0.3 is 0 Å². The fourth-order valence-corrected chi connectivity index (χ4v) is 3.34. The van der Waals surface area contributed by atoms with Crippen molar-refractivity contribution in [3.63, 3.8) is 0 Å². The van der Waals surface area contributed by atoms with Crippen molar-refractivity contribution >= 4 is 27.7 Å². The van der Waals surface area contributed by atoms with Gasteiger partial charge in [-0.3, -0.25) is 4.68 Å². The van der Waals surface area contributed by atoms with Crippen molar-refractivity contribution in [2.75, 3.05) is 6.54 Å². The normalized spacial score (nSPS) is 11.2. The van der Waals surface area contributed by atoms with Gasteiger partial charge in [0.15, 0.2) is 0 Å². The molecule has 0 radical (unpaired) electrons. The van der Waals surface area contributed by atoms with Crippen molar-refractivity contribution in [3.8, 4) is 0 Å². The molecule has 0 amide bonds. The molecule has 5 heteroatoms. The Balaban J connectivity index is 1.98. The highest BCUT2D eigenvalue weighted by molar-refractivity contribution is 9.10. The van der Waals surface area contributed by atoms with E-state index < -0.39 is 0 Å². The number of nitrogens with one attached hydrogen (secondary N) is 1. The first kappa shape index (κ1) is 15.6. The molecule has 0 fully saturated rings. The summed E-state index contributed by atoms with van der Waals surface area (Å²) in [5, 5.41) is 7.65. The molecule has 2 aromatic rings. The van der Waals surface area contributed by atoms with Crippen LogP contribution in [0.5, 0.6) is 0 Å². The Morgan fingerprint density at radius 2 is 2.20 bits per heavy atom. The van der Waals surface area contributed by atoms with Gasteiger partial charge in [-0.25, -0.2) is 0 Å². The van der Waals surface area contributed by atoms with Crippen LogP contribution in [0.25, 0.3) is 0 Å². The Kier molecular flexibility index (Phi) is 5.69. The van der Waals surface area contributed by atoms with Gasteiger partial charge in [0.1, 0.15) is 0 Å². The van der Waals surface area contributed by atoms with Crippen LogP contribution in [0.3, 0.4) is 0 Å². The SMILES string of the molecule is CC(C)CNCc1ccc(Sc2cnn(C)c2)c(Br)c1. The third kappa shape index (κ3) is 4.65. The van der Waals surface area contributed by atoms with Crippen molar-refractivity contribution in [3.05, 3.63) is 40.6 Å². The Hall–Kier alpha value is -0.780. The van der Waals surface area contributed by atoms with Gasteiger partial charge in [-0.05, 0) is 46.1 Å². The molecule has 1 heterocycles. The summed E-state index contributed by atoms with van der Waals surface area (Å²) < 4.78 is 2.95. The molecule has 0 aliphatic rings. The molecule has 1 N–H and O–H groups in total. The first-order valence-corrected chi connectivity index (χ1v) is 8.31. The van der Waals surface area contributed by atoms with Gasteiger partial charge in [-0.1, -0.05) is 31.7 Å². The molecular weight excluding hydrogens is 334 g/mol. The molecular formula is C15H20BrN3S. The number of hydrogen-bond acceptors (Lipinski definition) is 3. The molecule has 0 aliphatic carbocycles. The summed E-state index contributed by atoms with van der Waals surface area (Å²) >= 11 is 5.38. The van der Waals surface area contributed by atoms with Crippen LogP contribution in [0, 0.1) is 5.92 Å². The highest BCUT2D eigenvalue weighted by Gasteiger charge is 2.05. The number of halogens is 1. The van der Waals surface area contributed by atoms with Gasteiger partial charge in [0.25, 0.3) is 0 Å². The van der Waals surface area contributed by atoms with E-state index in [9.17, 15) is 0 Å². The second-order valence-corrected chi connectivity index (χ2v) is 7.21. The molecule has 0 saturated heterocycles. The third-order valence-electron chi connectivity index (χ3n) is 2.79. The predicted octanol–water partition coefficient (Wildman–Crippen LogP) is 4.08. The van der Waals surface area contributed by atoms with E-state index in [-0.39, 0.29) is 0 Å². The topological polar surface area (TPSA) is 29.9 Å². The quantitative estimate of drug-likeness (QED) is 0.848. The number of hydrogen-bond donors (Lipinski definition) is 1. The predicted molar refractivity (Wildman–Crippen MR) is 88.0 cm³/mol. The molecule has 0 bridgehead atoms. The second-order valence-electron chi connectivity index (χ2n) is 5.24. The van der Waals surface area contributed by atoms with Crippen molar-refractivity contribution in [1.82, 2.24) is 15.1 Å². The van der Waals surface area contributed by atoms with E-state index in [1.54, 1.807) is 11.8 Å². The number of nitrogens with zero attached hydrogens (tertiary/aromatic N) is 2. The maximum atomic E-state index is 4.19. The van der Waals surface area contributed by atoms with Crippen molar-refractivity contribution in [2.24, 2.45) is 13.0 Å². The summed E-state index contributed by atoms with van der Waals surface area (Å²) in [5.74, 6) is 0.679. The molecule has 0 aliphatic heterocycles. The molecule has 0 atom stereocenters. The lowest BCUT2D eigenvalue weighted by Gasteiger charge is -2.09. The molecule has 2 rings (SSSR count). The minimum Gasteiger partial charge on any atom is -0.312 e. The number of rotatable bonds is 6. The number of benzene rings is 1. The highest BCUT2D eigenvalue weighted by Crippen LogP contribution is 2.33. The lowest BCUT2D eigenvalue weighted by Crippen LogP contribution is -2.18. The molecule has 3 nitrogen and oxygen atoms in total. The summed E-state index contributed by atoms with van der Waals surface area (Å²) in [4.78, 5) is 2.37. The largest absolute Gasteiger partial charge is 0.312 e. The van der Waals surface area contributed by atoms with E-state index in [1.807, 2.05) is 24.1 Å². The monoisotopic (exact) mass is 353 g/mol. The van der Waals surface area contributed by atoms with Gasteiger partial charge < -0.3 is 5.32 Å². The minimum atomic E-state index is 0.679. The fraction of sp³-hybridized carbons (Fsp3) is 0.400. The Morgan fingerprint density at radius 3 is 2.80 bits per heavy atom. The third-order valence-corrected chi connectivity index (χ3v) is 4.73. The Morgan fingerprint density at radius 1 is 1.40 bits per heavy atom. The van der Waals surface area contributed by atoms with Crippen LogP contribution in [-0.4, -0.2) is 16.3 Å². The summed E-state index contributed by atoms with van der Waals surface area (Å²) in [6, 6.07) is 6.52. The van der Waals surface area contributed by atoms with Crippen LogP contribution in [0.4, 0.5) is 0 Å². The van der Waals surface area contributed by atoms with E-state index in [0.717, 1.165) is 22.5 Å². The van der Waals surface area contributed by atoms with Gasteiger partial charge in [0.2, 0.25) is 0 Å². The van der Waals surface area contributed by atoms with Crippen LogP contribution in [0.15, 0.2) is 44.9 Å². The maximum absolute atomic E-state index is 4.19. The summed E-state index contributed by atoms with van der Waals surface area (Å²) in [5.41, 5.74) is 1.30. The molecule has 108 valence electrons. The van der Waals surface area contributed by atoms with Crippen molar-refractivity contribution < 1.29 is 0 Å². The zero-order valence-electron chi connectivity index (χ0n) is 12.1. The average molecular weight is 354 g/mol. The van der Waals surface area contributed by atoms with E-state index in [0.29, 0.717) is 5.92 Å². The highest BCUT2D eigenvalue weighted by atomic mass is 79.9. The van der Waals surface area contributed by atoms with Crippen LogP contribution >= 0.6 is 27.7 Å². The van der Waals surface area contributed by atoms with Gasteiger partial charge in [0.05, 0.1) is 11.1 Å². The standard InChI is InChI=1S/C15H20BrN3S/c1-11(2)7-17-8-12-4-5-15(14(16)6-12)20-13-9-18-19(3)10-13/h4-6,9-11,17H,7-8H2,1-3H3. The van der Waals surface area contributed by atoms with Crippen LogP contribution < -0.4 is 5.32 Å². The van der Waals surface area contributed by atoms with Crippen LogP contribution in [0.2, 0.25) is 0 Å². The van der Waals surface area contributed by atoms with Crippen molar-refractivity contribution in [1.29, 1.82) is 0 Å². The molecule has 0 unspecified atom stereocenters. The van der Waals surface area contributed by atoms with Gasteiger partial charge in [-0.15, -0.1) is 0 Å². The molecule has 20 heavy (non-hydrogen) atoms. The van der Waals surface area contributed by atoms with E-state index in [4.69, 9.17) is 0 Å². The first-order chi connectivity index (χ1) is 9.54. The number of aryl methyl sites for hydroxylation is 1. The summed E-state index contributed by atoms with van der Waals surface area (Å²) in [6.45, 7) is 6.39. The molecule has 0 spiro atoms. The lowest BCUT2D eigenvalue weighted by molar-refractivity contribution is 0.552. The Bertz CT molecular complexity index is 566. The maximum Gasteiger partial charge on any atom is 0.0629 e. The van der Waals surface area contributed by atoms with Crippen LogP contribution in [0.1, 0.15) is 19.4 Å². The second kappa shape index (κ2) is 7.29. The number of aromatic nitrogens is 2. The van der Waals surface area contributed by atoms with E-state index in [2.05, 4.69) is 58.4 Å². The summed E-state index contributed by atoms with van der Waals surface area (Å²) in [7, 11) is 1.93. The average Bonchev–Trinajstić information content (AvgIpc) is 2.78. The minimum absolute atomic E-state index is 0.679. The molecule has 1 aromatic heterocycles. The zero-order chi connectivity index (χ0) is 14.5. The molecule has 0 saturated carbocycles. The lowest BCUT2D eigenvalue weighted by atomic mass is 10.2. The Labute approximate surface area is 133 Å². The summed E-state index contributed by atoms with van der Waals surface area (Å²) in [6.07, 6.45) is 3.91. The molecule has 1 aromatic carbocycles. The van der Waals surface area contributed by atoms with Crippen molar-refractivity contribution in [2.45, 2.75) is 30.2 Å². The van der Waals surface area contributed by atoms with Gasteiger partial charge in [-0.2, -0.15) is 5.10 Å². The smallest absolute Gasteiger partial charge is 0.0629 e. The van der Waals surface area contributed by atoms with E-state index >= 15 is 0 Å².